The maximum atomic E-state index is 15.1. The molecule has 42 heavy (non-hydrogen) atoms. The maximum absolute atomic E-state index is 15.1. The van der Waals surface area contributed by atoms with Crippen LogP contribution in [0.1, 0.15) is 44.8 Å². The van der Waals surface area contributed by atoms with E-state index in [0.29, 0.717) is 11.0 Å². The fourth-order valence-electron chi connectivity index (χ4n) is 4.59. The van der Waals surface area contributed by atoms with E-state index in [1.807, 2.05) is 0 Å². The molecule has 0 aromatic heterocycles. The van der Waals surface area contributed by atoms with E-state index in [1.165, 1.54) is 23.1 Å². The number of amides is 5. The Kier molecular flexibility index (Phi) is 8.42. The number of aromatic carboxylic acids is 2. The molecular weight excluding hydrogens is 565 g/mol. The molecule has 0 spiro atoms. The van der Waals surface area contributed by atoms with Crippen molar-refractivity contribution in [2.45, 2.75) is 25.3 Å². The third-order valence-corrected chi connectivity index (χ3v) is 6.80. The number of carbonyl (C=O) groups excluding carboxylic acids is 4. The first kappa shape index (κ1) is 29.9. The lowest BCUT2D eigenvalue weighted by Crippen LogP contribution is -2.60. The Morgan fingerprint density at radius 3 is 2.36 bits per heavy atom. The Labute approximate surface area is 236 Å². The van der Waals surface area contributed by atoms with Crippen molar-refractivity contribution in [3.63, 3.8) is 0 Å². The lowest BCUT2D eigenvalue weighted by Gasteiger charge is -2.33. The fraction of sp³-hybridized carbons (Fsp3) is 0.280. The number of imide groups is 1. The molecule has 2 atom stereocenters. The molecule has 2 aromatic rings. The third kappa shape index (κ3) is 5.58. The van der Waals surface area contributed by atoms with Gasteiger partial charge in [-0.2, -0.15) is 0 Å². The Hall–Kier alpha value is -5.06. The van der Waals surface area contributed by atoms with Crippen molar-refractivity contribution in [3.05, 3.63) is 64.2 Å². The van der Waals surface area contributed by atoms with E-state index in [2.05, 4.69) is 10.6 Å². The van der Waals surface area contributed by atoms with E-state index in [4.69, 9.17) is 9.76 Å². The molecule has 0 saturated carbocycles. The highest BCUT2D eigenvalue weighted by atomic mass is 19.2. The molecule has 5 amide bonds. The highest BCUT2D eigenvalue weighted by Crippen LogP contribution is 2.31. The van der Waals surface area contributed by atoms with Gasteiger partial charge >= 0.3 is 36.9 Å². The van der Waals surface area contributed by atoms with Gasteiger partial charge in [-0.1, -0.05) is 18.2 Å². The summed E-state index contributed by atoms with van der Waals surface area (Å²) in [7, 11) is -1.81. The molecule has 0 aliphatic carbocycles. The summed E-state index contributed by atoms with van der Waals surface area (Å²) in [6.45, 7) is 1.51. The Morgan fingerprint density at radius 1 is 1.02 bits per heavy atom. The number of halogens is 2. The zero-order chi connectivity index (χ0) is 30.9. The molecule has 5 N–H and O–H groups in total. The number of nitrogens with one attached hydrogen (secondary N) is 2. The number of hydrogen-bond acceptors (Lipinski definition) is 8. The molecule has 2 unspecified atom stereocenters. The molecule has 14 nitrogen and oxygen atoms in total. The molecule has 17 heteroatoms. The first-order valence-corrected chi connectivity index (χ1v) is 12.5. The third-order valence-electron chi connectivity index (χ3n) is 6.80. The summed E-state index contributed by atoms with van der Waals surface area (Å²) in [5.41, 5.74) is -1.85. The van der Waals surface area contributed by atoms with Gasteiger partial charge in [-0.15, -0.1) is 0 Å². The van der Waals surface area contributed by atoms with E-state index in [1.54, 1.807) is 6.92 Å². The van der Waals surface area contributed by atoms with Gasteiger partial charge in [0.1, 0.15) is 11.8 Å². The molecule has 4 rings (SSSR count). The van der Waals surface area contributed by atoms with E-state index < -0.39 is 77.6 Å². The minimum Gasteiger partial charge on any atom is -0.534 e. The van der Waals surface area contributed by atoms with Gasteiger partial charge in [-0.3, -0.25) is 19.3 Å². The molecule has 1 fully saturated rings. The number of fused-ring (bicyclic) bond motifs is 1. The Morgan fingerprint density at radius 2 is 1.71 bits per heavy atom. The summed E-state index contributed by atoms with van der Waals surface area (Å²) in [5, 5.41) is 33.4. The number of para-hydroxylation sites is 1. The molecule has 2 aromatic carbocycles. The fourth-order valence-corrected chi connectivity index (χ4v) is 4.59. The van der Waals surface area contributed by atoms with Gasteiger partial charge in [-0.05, 0) is 31.0 Å². The predicted molar refractivity (Wildman–Crippen MR) is 136 cm³/mol. The summed E-state index contributed by atoms with van der Waals surface area (Å²) < 4.78 is 35.0. The zero-order valence-electron chi connectivity index (χ0n) is 21.8. The van der Waals surface area contributed by atoms with Crippen molar-refractivity contribution in [2.24, 2.45) is 0 Å². The van der Waals surface area contributed by atoms with Crippen molar-refractivity contribution in [3.8, 4) is 5.75 Å². The highest BCUT2D eigenvalue weighted by Gasteiger charge is 2.41. The minimum atomic E-state index is -2.10. The highest BCUT2D eigenvalue weighted by molar-refractivity contribution is 6.47. The van der Waals surface area contributed by atoms with Crippen molar-refractivity contribution < 1.29 is 57.4 Å². The quantitative estimate of drug-likeness (QED) is 0.215. The molecular formula is C25H23BF2N4O10. The van der Waals surface area contributed by atoms with Crippen LogP contribution < -0.4 is 15.3 Å². The number of carboxylic acids is 2. The summed E-state index contributed by atoms with van der Waals surface area (Å²) >= 11 is 0. The number of piperazine rings is 1. The predicted octanol–water partition coefficient (Wildman–Crippen LogP) is -0.0578. The van der Waals surface area contributed by atoms with E-state index in [0.717, 1.165) is 6.07 Å². The molecule has 2 aliphatic heterocycles. The first-order chi connectivity index (χ1) is 19.8. The molecule has 1 saturated heterocycles. The van der Waals surface area contributed by atoms with Gasteiger partial charge in [0.05, 0.1) is 17.1 Å². The molecule has 220 valence electrons. The second kappa shape index (κ2) is 11.8. The van der Waals surface area contributed by atoms with Gasteiger partial charge in [0.25, 0.3) is 0 Å². The maximum Gasteiger partial charge on any atom is 0.547 e. The van der Waals surface area contributed by atoms with Crippen molar-refractivity contribution >= 4 is 42.8 Å². The summed E-state index contributed by atoms with van der Waals surface area (Å²) in [4.78, 5) is 75.6. The van der Waals surface area contributed by atoms with Crippen molar-refractivity contribution in [1.82, 2.24) is 20.4 Å². The Bertz CT molecular complexity index is 1510. The molecule has 0 bridgehead atoms. The lowest BCUT2D eigenvalue weighted by molar-refractivity contribution is -0.153. The van der Waals surface area contributed by atoms with Crippen LogP contribution in [0.2, 0.25) is 0 Å². The largest absolute Gasteiger partial charge is 0.547 e. The summed E-state index contributed by atoms with van der Waals surface area (Å²) in [5.74, 6) is -11.6. The van der Waals surface area contributed by atoms with Crippen LogP contribution in [0.4, 0.5) is 13.6 Å². The van der Waals surface area contributed by atoms with E-state index >= 15 is 4.39 Å². The standard InChI is InChI=1S/C25H23BF2N4O10/c1-2-31-8-9-32(22(35)21(31)34)25(40)30-18(12-6-7-13(23(36)37)17(28)16(12)27)20(33)29-15-10-11-4-3-5-14(24(38)39)19(11)42-26(15)41/h3-7,15,18,41H,2,8-10H2,1H3,(H,29,33)(H,30,40)(H,36,37)(H,38,39). The number of likely N-dealkylation sites (N-methyl/N-ethyl adjacent to an activating group) is 1. The average Bonchev–Trinajstić information content (AvgIpc) is 2.94. The number of nitrogens with zero attached hydrogens (tertiary/aromatic N) is 2. The lowest BCUT2D eigenvalue weighted by atomic mass is 9.72. The van der Waals surface area contributed by atoms with Crippen LogP contribution in [0.3, 0.4) is 0 Å². The van der Waals surface area contributed by atoms with E-state index in [9.17, 15) is 43.3 Å². The van der Waals surface area contributed by atoms with Crippen molar-refractivity contribution in [1.29, 1.82) is 0 Å². The summed E-state index contributed by atoms with van der Waals surface area (Å²) in [6.07, 6.45) is -0.176. The normalized spacial score (nSPS) is 17.2. The van der Waals surface area contributed by atoms with Crippen LogP contribution in [-0.4, -0.2) is 93.4 Å². The summed E-state index contributed by atoms with van der Waals surface area (Å²) in [6, 6.07) is 2.14. The molecule has 2 aliphatic rings. The van der Waals surface area contributed by atoms with Gasteiger partial charge in [0.2, 0.25) is 5.91 Å². The topological polar surface area (TPSA) is 203 Å². The number of carboxylic acid groups (broad SMARTS) is 2. The van der Waals surface area contributed by atoms with Crippen LogP contribution in [0.15, 0.2) is 30.3 Å². The monoisotopic (exact) mass is 588 g/mol. The van der Waals surface area contributed by atoms with Crippen LogP contribution >= 0.6 is 0 Å². The smallest absolute Gasteiger partial charge is 0.534 e. The number of benzene rings is 2. The second-order valence-electron chi connectivity index (χ2n) is 9.29. The van der Waals surface area contributed by atoms with Crippen LogP contribution in [0.5, 0.6) is 5.75 Å². The minimum absolute atomic E-state index is 0.0228. The Balaban J connectivity index is 1.64. The van der Waals surface area contributed by atoms with Crippen LogP contribution in [0.25, 0.3) is 0 Å². The zero-order valence-corrected chi connectivity index (χ0v) is 21.8. The number of rotatable bonds is 7. The van der Waals surface area contributed by atoms with Gasteiger partial charge in [-0.25, -0.2) is 23.2 Å². The van der Waals surface area contributed by atoms with Gasteiger partial charge < -0.3 is 35.4 Å². The van der Waals surface area contributed by atoms with Crippen molar-refractivity contribution in [2.75, 3.05) is 19.6 Å². The SMILES string of the molecule is CCN1CCN(C(=O)NC(C(=O)NC2Cc3cccc(C(=O)O)c3OB2O)c2ccc(C(=O)O)c(F)c2F)C(=O)C1=O. The van der Waals surface area contributed by atoms with Gasteiger partial charge in [0.15, 0.2) is 11.6 Å². The first-order valence-electron chi connectivity index (χ1n) is 12.5. The van der Waals surface area contributed by atoms with Crippen LogP contribution in [0, 0.1) is 11.6 Å². The van der Waals surface area contributed by atoms with Crippen LogP contribution in [-0.2, 0) is 20.8 Å². The average molecular weight is 588 g/mol. The molecule has 0 radical (unpaired) electrons. The number of carbonyl (C=O) groups is 6. The van der Waals surface area contributed by atoms with E-state index in [-0.39, 0.29) is 42.9 Å². The number of hydrogen-bond donors (Lipinski definition) is 5. The second-order valence-corrected chi connectivity index (χ2v) is 9.29. The van der Waals surface area contributed by atoms with Gasteiger partial charge in [0, 0.05) is 25.2 Å². The molecule has 2 heterocycles. The number of urea groups is 1.